The van der Waals surface area contributed by atoms with Crippen LogP contribution < -0.4 is 0 Å². The second kappa shape index (κ2) is 8.22. The molecule has 0 radical (unpaired) electrons. The molecule has 0 N–H and O–H groups in total. The van der Waals surface area contributed by atoms with Gasteiger partial charge in [-0.1, -0.05) is 24.3 Å². The lowest BCUT2D eigenvalue weighted by Gasteiger charge is -2.32. The molecule has 0 spiro atoms. The first-order chi connectivity index (χ1) is 11.0. The van der Waals surface area contributed by atoms with Gasteiger partial charge in [0.1, 0.15) is 0 Å². The molecule has 5 nitrogen and oxygen atoms in total. The lowest BCUT2D eigenvalue weighted by molar-refractivity contribution is -0.132. The SMILES string of the molecule is CN(C)Cc1ccc(C(=O)CCC(=O)N2CCN(C)CC2)cc1. The number of carbonyl (C=O) groups excluding carboxylic acids is 2. The molecule has 0 aliphatic carbocycles. The van der Waals surface area contributed by atoms with Crippen LogP contribution in [0, 0.1) is 0 Å². The molecule has 1 fully saturated rings. The van der Waals surface area contributed by atoms with Crippen molar-refractivity contribution in [1.29, 1.82) is 0 Å². The Morgan fingerprint density at radius 1 is 1.00 bits per heavy atom. The predicted octanol–water partition coefficient (Wildman–Crippen LogP) is 1.49. The summed E-state index contributed by atoms with van der Waals surface area (Å²) in [5.74, 6) is 0.138. The maximum atomic E-state index is 12.2. The number of nitrogens with zero attached hydrogens (tertiary/aromatic N) is 3. The normalized spacial score (nSPS) is 15.9. The monoisotopic (exact) mass is 317 g/mol. The summed E-state index contributed by atoms with van der Waals surface area (Å²) in [6.07, 6.45) is 0.597. The van der Waals surface area contributed by atoms with Crippen molar-refractivity contribution >= 4 is 11.7 Å². The van der Waals surface area contributed by atoms with Gasteiger partial charge in [-0.2, -0.15) is 0 Å². The van der Waals surface area contributed by atoms with Gasteiger partial charge < -0.3 is 14.7 Å². The zero-order valence-corrected chi connectivity index (χ0v) is 14.4. The maximum absolute atomic E-state index is 12.2. The topological polar surface area (TPSA) is 43.9 Å². The number of Topliss-reactive ketones (excluding diaryl/α,β-unsaturated/α-hetero) is 1. The number of carbonyl (C=O) groups is 2. The van der Waals surface area contributed by atoms with Crippen LogP contribution in [0.2, 0.25) is 0 Å². The fourth-order valence-electron chi connectivity index (χ4n) is 2.74. The van der Waals surface area contributed by atoms with E-state index in [2.05, 4.69) is 16.8 Å². The van der Waals surface area contributed by atoms with E-state index in [1.165, 1.54) is 5.56 Å². The Morgan fingerprint density at radius 2 is 1.61 bits per heavy atom. The van der Waals surface area contributed by atoms with Crippen molar-refractivity contribution in [2.24, 2.45) is 0 Å². The standard InChI is InChI=1S/C18H27N3O2/c1-19(2)14-15-4-6-16(7-5-15)17(22)8-9-18(23)21-12-10-20(3)11-13-21/h4-7H,8-14H2,1-3H3. The first-order valence-corrected chi connectivity index (χ1v) is 8.19. The molecule has 0 bridgehead atoms. The number of benzene rings is 1. The first kappa shape index (κ1) is 17.6. The van der Waals surface area contributed by atoms with Crippen molar-refractivity contribution < 1.29 is 9.59 Å². The van der Waals surface area contributed by atoms with E-state index in [9.17, 15) is 9.59 Å². The minimum Gasteiger partial charge on any atom is -0.340 e. The molecule has 23 heavy (non-hydrogen) atoms. The molecule has 1 saturated heterocycles. The number of rotatable bonds is 6. The van der Waals surface area contributed by atoms with Crippen molar-refractivity contribution in [3.8, 4) is 0 Å². The molecule has 2 rings (SSSR count). The van der Waals surface area contributed by atoms with E-state index in [0.717, 1.165) is 32.7 Å². The maximum Gasteiger partial charge on any atom is 0.223 e. The quantitative estimate of drug-likeness (QED) is 0.746. The Bertz CT molecular complexity index is 532. The molecule has 0 aromatic heterocycles. The van der Waals surface area contributed by atoms with Crippen LogP contribution in [0.5, 0.6) is 0 Å². The third-order valence-electron chi connectivity index (χ3n) is 4.20. The van der Waals surface area contributed by atoms with E-state index < -0.39 is 0 Å². The number of likely N-dealkylation sites (N-methyl/N-ethyl adjacent to an activating group) is 1. The van der Waals surface area contributed by atoms with Crippen LogP contribution >= 0.6 is 0 Å². The lowest BCUT2D eigenvalue weighted by atomic mass is 10.0. The molecule has 1 aliphatic rings. The summed E-state index contributed by atoms with van der Waals surface area (Å²) < 4.78 is 0. The van der Waals surface area contributed by atoms with Crippen LogP contribution in [0.1, 0.15) is 28.8 Å². The number of piperazine rings is 1. The van der Waals surface area contributed by atoms with Gasteiger partial charge >= 0.3 is 0 Å². The molecule has 1 amide bonds. The van der Waals surface area contributed by atoms with Crippen LogP contribution in [0.25, 0.3) is 0 Å². The van der Waals surface area contributed by atoms with Crippen LogP contribution in [0.3, 0.4) is 0 Å². The zero-order valence-electron chi connectivity index (χ0n) is 14.4. The molecular formula is C18H27N3O2. The largest absolute Gasteiger partial charge is 0.340 e. The van der Waals surface area contributed by atoms with Gasteiger partial charge in [0.05, 0.1) is 0 Å². The minimum absolute atomic E-state index is 0.0453. The Morgan fingerprint density at radius 3 is 2.17 bits per heavy atom. The van der Waals surface area contributed by atoms with E-state index in [4.69, 9.17) is 0 Å². The Kier molecular flexibility index (Phi) is 6.30. The van der Waals surface area contributed by atoms with Gasteiger partial charge in [-0.05, 0) is 26.7 Å². The molecule has 5 heteroatoms. The number of hydrogen-bond donors (Lipinski definition) is 0. The summed E-state index contributed by atoms with van der Waals surface area (Å²) in [7, 11) is 6.09. The second-order valence-electron chi connectivity index (χ2n) is 6.54. The third-order valence-corrected chi connectivity index (χ3v) is 4.20. The summed E-state index contributed by atoms with van der Waals surface area (Å²) in [4.78, 5) is 30.6. The summed E-state index contributed by atoms with van der Waals surface area (Å²) in [5, 5.41) is 0. The summed E-state index contributed by atoms with van der Waals surface area (Å²) in [6.45, 7) is 4.21. The van der Waals surface area contributed by atoms with E-state index >= 15 is 0 Å². The Hall–Kier alpha value is -1.72. The smallest absolute Gasteiger partial charge is 0.223 e. The fraction of sp³-hybridized carbons (Fsp3) is 0.556. The van der Waals surface area contributed by atoms with E-state index in [1.807, 2.05) is 43.3 Å². The molecule has 1 aliphatic heterocycles. The fourth-order valence-corrected chi connectivity index (χ4v) is 2.74. The number of ketones is 1. The molecule has 0 saturated carbocycles. The average Bonchev–Trinajstić information content (AvgIpc) is 2.53. The van der Waals surface area contributed by atoms with Gasteiger partial charge in [-0.25, -0.2) is 0 Å². The van der Waals surface area contributed by atoms with E-state index in [-0.39, 0.29) is 18.1 Å². The van der Waals surface area contributed by atoms with Crippen molar-refractivity contribution in [2.75, 3.05) is 47.3 Å². The molecule has 1 aromatic rings. The molecule has 0 unspecified atom stereocenters. The zero-order chi connectivity index (χ0) is 16.8. The highest BCUT2D eigenvalue weighted by atomic mass is 16.2. The lowest BCUT2D eigenvalue weighted by Crippen LogP contribution is -2.47. The van der Waals surface area contributed by atoms with Crippen molar-refractivity contribution in [1.82, 2.24) is 14.7 Å². The van der Waals surface area contributed by atoms with Crippen molar-refractivity contribution in [2.45, 2.75) is 19.4 Å². The van der Waals surface area contributed by atoms with Gasteiger partial charge in [0.2, 0.25) is 5.91 Å². The van der Waals surface area contributed by atoms with E-state index in [0.29, 0.717) is 12.0 Å². The van der Waals surface area contributed by atoms with Gasteiger partial charge in [0, 0.05) is 51.1 Å². The van der Waals surface area contributed by atoms with Crippen LogP contribution in [0.4, 0.5) is 0 Å². The number of hydrogen-bond acceptors (Lipinski definition) is 4. The number of amides is 1. The highest BCUT2D eigenvalue weighted by Crippen LogP contribution is 2.11. The molecule has 1 aromatic carbocycles. The summed E-state index contributed by atoms with van der Waals surface area (Å²) in [5.41, 5.74) is 1.87. The van der Waals surface area contributed by atoms with Gasteiger partial charge in [0.25, 0.3) is 0 Å². The Labute approximate surface area is 138 Å². The highest BCUT2D eigenvalue weighted by Gasteiger charge is 2.19. The highest BCUT2D eigenvalue weighted by molar-refractivity contribution is 5.98. The predicted molar refractivity (Wildman–Crippen MR) is 91.5 cm³/mol. The van der Waals surface area contributed by atoms with Gasteiger partial charge in [-0.15, -0.1) is 0 Å². The Balaban J connectivity index is 1.81. The average molecular weight is 317 g/mol. The van der Waals surface area contributed by atoms with Crippen molar-refractivity contribution in [3.05, 3.63) is 35.4 Å². The second-order valence-corrected chi connectivity index (χ2v) is 6.54. The minimum atomic E-state index is 0.0453. The van der Waals surface area contributed by atoms with Crippen LogP contribution in [-0.4, -0.2) is 73.7 Å². The third kappa shape index (κ3) is 5.44. The summed E-state index contributed by atoms with van der Waals surface area (Å²) in [6, 6.07) is 7.69. The molecule has 1 heterocycles. The van der Waals surface area contributed by atoms with Gasteiger partial charge in [0.15, 0.2) is 5.78 Å². The van der Waals surface area contributed by atoms with Gasteiger partial charge in [-0.3, -0.25) is 9.59 Å². The first-order valence-electron chi connectivity index (χ1n) is 8.19. The van der Waals surface area contributed by atoms with Crippen molar-refractivity contribution in [3.63, 3.8) is 0 Å². The van der Waals surface area contributed by atoms with Crippen LogP contribution in [0.15, 0.2) is 24.3 Å². The van der Waals surface area contributed by atoms with E-state index in [1.54, 1.807) is 0 Å². The molecule has 0 atom stereocenters. The molecule has 126 valence electrons. The molecular weight excluding hydrogens is 290 g/mol. The summed E-state index contributed by atoms with van der Waals surface area (Å²) >= 11 is 0. The van der Waals surface area contributed by atoms with Crippen LogP contribution in [-0.2, 0) is 11.3 Å².